The maximum Gasteiger partial charge on any atom is 0.329 e. The standard InChI is InChI=1S/C19H24N2O6/c1-13(20-16(22)9-10-17(23)24)18(25)21-11-5-8-15(21)19(26)27-12-14-6-3-2-4-7-14/h2-4,6-7,13,15H,5,8-12H2,1H3,(H,20,22)(H,23,24)/t13-,15-/m0/s1. The molecule has 27 heavy (non-hydrogen) atoms. The van der Waals surface area contributed by atoms with Gasteiger partial charge in [-0.05, 0) is 25.3 Å². The third-order valence-corrected chi connectivity index (χ3v) is 4.35. The van der Waals surface area contributed by atoms with Crippen LogP contribution in [0, 0.1) is 0 Å². The molecule has 8 nitrogen and oxygen atoms in total. The number of nitrogens with one attached hydrogen (secondary N) is 1. The molecule has 0 spiro atoms. The van der Waals surface area contributed by atoms with Gasteiger partial charge in [-0.25, -0.2) is 4.79 Å². The van der Waals surface area contributed by atoms with Gasteiger partial charge in [0.1, 0.15) is 18.7 Å². The Kier molecular flexibility index (Phi) is 7.34. The first-order valence-electron chi connectivity index (χ1n) is 8.90. The quantitative estimate of drug-likeness (QED) is 0.657. The zero-order chi connectivity index (χ0) is 19.8. The molecular formula is C19H24N2O6. The fourth-order valence-corrected chi connectivity index (χ4v) is 2.95. The second-order valence-electron chi connectivity index (χ2n) is 6.47. The highest BCUT2D eigenvalue weighted by Gasteiger charge is 2.37. The van der Waals surface area contributed by atoms with Crippen molar-refractivity contribution in [2.45, 2.75) is 51.3 Å². The molecule has 0 aromatic heterocycles. The third kappa shape index (κ3) is 6.09. The number of carbonyl (C=O) groups excluding carboxylic acids is 3. The van der Waals surface area contributed by atoms with Crippen molar-refractivity contribution in [2.75, 3.05) is 6.54 Å². The number of carboxylic acids is 1. The Labute approximate surface area is 157 Å². The molecule has 1 fully saturated rings. The summed E-state index contributed by atoms with van der Waals surface area (Å²) in [5, 5.41) is 11.1. The van der Waals surface area contributed by atoms with Crippen LogP contribution < -0.4 is 5.32 Å². The van der Waals surface area contributed by atoms with E-state index in [2.05, 4.69) is 5.32 Å². The van der Waals surface area contributed by atoms with Crippen molar-refractivity contribution in [3.05, 3.63) is 35.9 Å². The average Bonchev–Trinajstić information content (AvgIpc) is 3.14. The van der Waals surface area contributed by atoms with Crippen LogP contribution in [0.2, 0.25) is 0 Å². The predicted octanol–water partition coefficient (Wildman–Crippen LogP) is 1.09. The van der Waals surface area contributed by atoms with E-state index in [0.717, 1.165) is 5.56 Å². The van der Waals surface area contributed by atoms with Crippen LogP contribution in [0.4, 0.5) is 0 Å². The van der Waals surface area contributed by atoms with Gasteiger partial charge in [0, 0.05) is 13.0 Å². The first-order valence-corrected chi connectivity index (χ1v) is 8.90. The minimum absolute atomic E-state index is 0.139. The molecule has 2 amide bonds. The fourth-order valence-electron chi connectivity index (χ4n) is 2.95. The van der Waals surface area contributed by atoms with Gasteiger partial charge >= 0.3 is 11.9 Å². The van der Waals surface area contributed by atoms with Crippen LogP contribution in [0.5, 0.6) is 0 Å². The van der Waals surface area contributed by atoms with E-state index in [-0.39, 0.29) is 25.4 Å². The van der Waals surface area contributed by atoms with Gasteiger partial charge in [-0.2, -0.15) is 0 Å². The molecule has 0 saturated carbocycles. The molecule has 1 aromatic rings. The van der Waals surface area contributed by atoms with Crippen molar-refractivity contribution in [3.63, 3.8) is 0 Å². The molecule has 2 atom stereocenters. The minimum Gasteiger partial charge on any atom is -0.481 e. The van der Waals surface area contributed by atoms with E-state index in [1.54, 1.807) is 0 Å². The number of carbonyl (C=O) groups is 4. The topological polar surface area (TPSA) is 113 Å². The first-order chi connectivity index (χ1) is 12.9. The summed E-state index contributed by atoms with van der Waals surface area (Å²) in [6.07, 6.45) is 0.690. The summed E-state index contributed by atoms with van der Waals surface area (Å²) in [6.45, 7) is 2.07. The second-order valence-corrected chi connectivity index (χ2v) is 6.47. The highest BCUT2D eigenvalue weighted by molar-refractivity contribution is 5.91. The number of benzene rings is 1. The lowest BCUT2D eigenvalue weighted by atomic mass is 10.2. The Morgan fingerprint density at radius 3 is 2.59 bits per heavy atom. The van der Waals surface area contributed by atoms with Crippen LogP contribution in [0.25, 0.3) is 0 Å². The maximum absolute atomic E-state index is 12.6. The normalized spacial score (nSPS) is 17.2. The molecule has 1 aliphatic rings. The Morgan fingerprint density at radius 1 is 1.22 bits per heavy atom. The summed E-state index contributed by atoms with van der Waals surface area (Å²) in [4.78, 5) is 48.6. The highest BCUT2D eigenvalue weighted by Crippen LogP contribution is 2.20. The molecule has 2 rings (SSSR count). The van der Waals surface area contributed by atoms with E-state index < -0.39 is 29.9 Å². The number of esters is 1. The number of carboxylic acid groups (broad SMARTS) is 1. The number of rotatable bonds is 8. The molecule has 1 aromatic carbocycles. The van der Waals surface area contributed by atoms with Gasteiger partial charge in [-0.15, -0.1) is 0 Å². The van der Waals surface area contributed by atoms with Crippen molar-refractivity contribution in [2.24, 2.45) is 0 Å². The zero-order valence-corrected chi connectivity index (χ0v) is 15.2. The van der Waals surface area contributed by atoms with E-state index in [0.29, 0.717) is 19.4 Å². The molecule has 0 unspecified atom stereocenters. The van der Waals surface area contributed by atoms with E-state index in [1.807, 2.05) is 30.3 Å². The number of hydrogen-bond acceptors (Lipinski definition) is 5. The van der Waals surface area contributed by atoms with Gasteiger partial charge in [0.05, 0.1) is 6.42 Å². The van der Waals surface area contributed by atoms with Crippen molar-refractivity contribution in [1.82, 2.24) is 10.2 Å². The monoisotopic (exact) mass is 376 g/mol. The Morgan fingerprint density at radius 2 is 1.93 bits per heavy atom. The SMILES string of the molecule is C[C@H](NC(=O)CCC(=O)O)C(=O)N1CCC[C@H]1C(=O)OCc1ccccc1. The number of amides is 2. The van der Waals surface area contributed by atoms with E-state index >= 15 is 0 Å². The summed E-state index contributed by atoms with van der Waals surface area (Å²) in [6, 6.07) is 7.76. The van der Waals surface area contributed by atoms with Gasteiger partial charge in [0.25, 0.3) is 0 Å². The van der Waals surface area contributed by atoms with Crippen LogP contribution in [0.1, 0.15) is 38.2 Å². The number of hydrogen-bond donors (Lipinski definition) is 2. The zero-order valence-electron chi connectivity index (χ0n) is 15.2. The summed E-state index contributed by atoms with van der Waals surface area (Å²) in [7, 11) is 0. The minimum atomic E-state index is -1.08. The molecule has 0 radical (unpaired) electrons. The maximum atomic E-state index is 12.6. The van der Waals surface area contributed by atoms with E-state index in [4.69, 9.17) is 9.84 Å². The van der Waals surface area contributed by atoms with Gasteiger partial charge in [-0.1, -0.05) is 30.3 Å². The number of nitrogens with zero attached hydrogens (tertiary/aromatic N) is 1. The number of aliphatic carboxylic acids is 1. The Bertz CT molecular complexity index is 691. The van der Waals surface area contributed by atoms with E-state index in [1.165, 1.54) is 11.8 Å². The van der Waals surface area contributed by atoms with Gasteiger partial charge in [-0.3, -0.25) is 14.4 Å². The van der Waals surface area contributed by atoms with Gasteiger partial charge < -0.3 is 20.1 Å². The van der Waals surface area contributed by atoms with Crippen molar-refractivity contribution in [1.29, 1.82) is 0 Å². The number of ether oxygens (including phenoxy) is 1. The fraction of sp³-hybridized carbons (Fsp3) is 0.474. The summed E-state index contributed by atoms with van der Waals surface area (Å²) < 4.78 is 5.33. The van der Waals surface area contributed by atoms with Crippen LogP contribution in [0.15, 0.2) is 30.3 Å². The van der Waals surface area contributed by atoms with Crippen molar-refractivity contribution < 1.29 is 29.0 Å². The summed E-state index contributed by atoms with van der Waals surface area (Å²) in [5.74, 6) is -2.43. The smallest absolute Gasteiger partial charge is 0.329 e. The molecule has 1 aliphatic heterocycles. The van der Waals surface area contributed by atoms with Crippen molar-refractivity contribution >= 4 is 23.8 Å². The largest absolute Gasteiger partial charge is 0.481 e. The second kappa shape index (κ2) is 9.70. The van der Waals surface area contributed by atoms with Crippen molar-refractivity contribution in [3.8, 4) is 0 Å². The molecule has 8 heteroatoms. The Hall–Kier alpha value is -2.90. The van der Waals surface area contributed by atoms with Crippen LogP contribution in [0.3, 0.4) is 0 Å². The third-order valence-electron chi connectivity index (χ3n) is 4.35. The Balaban J connectivity index is 1.87. The summed E-state index contributed by atoms with van der Waals surface area (Å²) in [5.41, 5.74) is 0.862. The molecule has 0 bridgehead atoms. The lowest BCUT2D eigenvalue weighted by Crippen LogP contribution is -2.50. The molecule has 2 N–H and O–H groups in total. The molecule has 0 aliphatic carbocycles. The molecule has 1 saturated heterocycles. The van der Waals surface area contributed by atoms with Crippen LogP contribution >= 0.6 is 0 Å². The van der Waals surface area contributed by atoms with Gasteiger partial charge in [0.2, 0.25) is 11.8 Å². The lowest BCUT2D eigenvalue weighted by Gasteiger charge is -2.26. The molecular weight excluding hydrogens is 352 g/mol. The van der Waals surface area contributed by atoms with Crippen LogP contribution in [-0.2, 0) is 30.5 Å². The molecule has 1 heterocycles. The average molecular weight is 376 g/mol. The first kappa shape index (κ1) is 20.4. The van der Waals surface area contributed by atoms with E-state index in [9.17, 15) is 19.2 Å². The summed E-state index contributed by atoms with van der Waals surface area (Å²) >= 11 is 0. The number of likely N-dealkylation sites (tertiary alicyclic amines) is 1. The molecule has 146 valence electrons. The van der Waals surface area contributed by atoms with Crippen LogP contribution in [-0.4, -0.2) is 52.4 Å². The highest BCUT2D eigenvalue weighted by atomic mass is 16.5. The lowest BCUT2D eigenvalue weighted by molar-refractivity contribution is -0.155. The predicted molar refractivity (Wildman–Crippen MR) is 95.4 cm³/mol. The van der Waals surface area contributed by atoms with Gasteiger partial charge in [0.15, 0.2) is 0 Å².